The second-order valence-corrected chi connectivity index (χ2v) is 7.24. The van der Waals surface area contributed by atoms with Gasteiger partial charge >= 0.3 is 5.97 Å². The lowest BCUT2D eigenvalue weighted by molar-refractivity contribution is -0.141. The molecule has 3 rings (SSSR count). The number of nitrogens with zero attached hydrogens (tertiary/aromatic N) is 1. The standard InChI is InChI=1S/C18H22ClNO3/c1-10-7-13(14(19)8-11(10)2)17(21)20-15-6-4-3-5-12(15)9-16(20)18(22)23/h7-8,12,15-16H,3-6,9H2,1-2H3,(H,22,23). The van der Waals surface area contributed by atoms with Crippen LogP contribution in [0.4, 0.5) is 0 Å². The van der Waals surface area contributed by atoms with E-state index in [0.717, 1.165) is 36.8 Å². The lowest BCUT2D eigenvalue weighted by atomic mass is 9.84. The van der Waals surface area contributed by atoms with Crippen molar-refractivity contribution in [2.45, 2.75) is 58.0 Å². The molecule has 1 aliphatic carbocycles. The van der Waals surface area contributed by atoms with Crippen molar-refractivity contribution in [3.05, 3.63) is 33.8 Å². The van der Waals surface area contributed by atoms with E-state index >= 15 is 0 Å². The minimum Gasteiger partial charge on any atom is -0.480 e. The Morgan fingerprint density at radius 2 is 1.83 bits per heavy atom. The second kappa shape index (κ2) is 6.16. The summed E-state index contributed by atoms with van der Waals surface area (Å²) in [5.41, 5.74) is 2.44. The van der Waals surface area contributed by atoms with Gasteiger partial charge in [0.1, 0.15) is 6.04 Å². The van der Waals surface area contributed by atoms with Crippen LogP contribution in [0.5, 0.6) is 0 Å². The van der Waals surface area contributed by atoms with Crippen LogP contribution in [0, 0.1) is 19.8 Å². The first-order valence-electron chi connectivity index (χ1n) is 8.22. The van der Waals surface area contributed by atoms with Gasteiger partial charge < -0.3 is 10.0 Å². The molecule has 0 spiro atoms. The Hall–Kier alpha value is -1.55. The van der Waals surface area contributed by atoms with Gasteiger partial charge in [0.15, 0.2) is 0 Å². The van der Waals surface area contributed by atoms with Gasteiger partial charge in [-0.3, -0.25) is 4.79 Å². The van der Waals surface area contributed by atoms with Crippen LogP contribution in [0.15, 0.2) is 12.1 Å². The highest BCUT2D eigenvalue weighted by Crippen LogP contribution is 2.41. The minimum atomic E-state index is -0.910. The predicted molar refractivity (Wildman–Crippen MR) is 88.9 cm³/mol. The van der Waals surface area contributed by atoms with Gasteiger partial charge in [-0.15, -0.1) is 0 Å². The van der Waals surface area contributed by atoms with Crippen LogP contribution >= 0.6 is 11.6 Å². The Morgan fingerprint density at radius 3 is 2.52 bits per heavy atom. The van der Waals surface area contributed by atoms with Crippen molar-refractivity contribution in [1.82, 2.24) is 4.90 Å². The van der Waals surface area contributed by atoms with Gasteiger partial charge in [-0.25, -0.2) is 4.79 Å². The number of carboxylic acids is 1. The molecule has 4 nitrogen and oxygen atoms in total. The zero-order chi connectivity index (χ0) is 16.7. The highest BCUT2D eigenvalue weighted by Gasteiger charge is 2.47. The van der Waals surface area contributed by atoms with Crippen molar-refractivity contribution in [3.8, 4) is 0 Å². The Balaban J connectivity index is 1.98. The van der Waals surface area contributed by atoms with Crippen LogP contribution < -0.4 is 0 Å². The monoisotopic (exact) mass is 335 g/mol. The molecule has 1 aromatic carbocycles. The number of aryl methyl sites for hydroxylation is 2. The smallest absolute Gasteiger partial charge is 0.326 e. The van der Waals surface area contributed by atoms with E-state index in [2.05, 4.69) is 0 Å². The van der Waals surface area contributed by atoms with Crippen molar-refractivity contribution < 1.29 is 14.7 Å². The maximum absolute atomic E-state index is 13.1. The molecule has 1 N–H and O–H groups in total. The number of carboxylic acid groups (broad SMARTS) is 1. The number of hydrogen-bond acceptors (Lipinski definition) is 2. The number of carbonyl (C=O) groups excluding carboxylic acids is 1. The SMILES string of the molecule is Cc1cc(Cl)c(C(=O)N2C(C(=O)O)CC3CCCCC32)cc1C. The third-order valence-electron chi connectivity index (χ3n) is 5.42. The average molecular weight is 336 g/mol. The van der Waals surface area contributed by atoms with Gasteiger partial charge in [0.2, 0.25) is 0 Å². The molecule has 0 aromatic heterocycles. The molecule has 1 saturated carbocycles. The molecule has 1 amide bonds. The predicted octanol–water partition coefficient (Wildman–Crippen LogP) is 3.81. The molecule has 3 unspecified atom stereocenters. The second-order valence-electron chi connectivity index (χ2n) is 6.83. The van der Waals surface area contributed by atoms with Crippen LogP contribution in [0.2, 0.25) is 5.02 Å². The summed E-state index contributed by atoms with van der Waals surface area (Å²) in [5, 5.41) is 9.97. The van der Waals surface area contributed by atoms with Crippen LogP contribution in [0.1, 0.15) is 53.6 Å². The van der Waals surface area contributed by atoms with Crippen LogP contribution in [0.25, 0.3) is 0 Å². The highest BCUT2D eigenvalue weighted by atomic mass is 35.5. The Labute approximate surface area is 141 Å². The van der Waals surface area contributed by atoms with E-state index in [4.69, 9.17) is 11.6 Å². The lowest BCUT2D eigenvalue weighted by Gasteiger charge is -2.33. The summed E-state index contributed by atoms with van der Waals surface area (Å²) in [6, 6.07) is 2.88. The zero-order valence-electron chi connectivity index (χ0n) is 13.5. The van der Waals surface area contributed by atoms with Gasteiger partial charge in [0, 0.05) is 6.04 Å². The molecule has 2 fully saturated rings. The maximum Gasteiger partial charge on any atom is 0.326 e. The van der Waals surface area contributed by atoms with Gasteiger partial charge in [0.05, 0.1) is 10.6 Å². The van der Waals surface area contributed by atoms with E-state index in [1.807, 2.05) is 13.8 Å². The quantitative estimate of drug-likeness (QED) is 0.894. The summed E-state index contributed by atoms with van der Waals surface area (Å²) in [7, 11) is 0. The summed E-state index contributed by atoms with van der Waals surface area (Å²) < 4.78 is 0. The number of fused-ring (bicyclic) bond motifs is 1. The Bertz CT molecular complexity index is 658. The number of likely N-dealkylation sites (tertiary alicyclic amines) is 1. The summed E-state index contributed by atoms with van der Waals surface area (Å²) in [5.74, 6) is -0.841. The molecule has 5 heteroatoms. The molecule has 2 aliphatic rings. The number of hydrogen-bond donors (Lipinski definition) is 1. The fourth-order valence-electron chi connectivity index (χ4n) is 4.06. The molecule has 124 valence electrons. The van der Waals surface area contributed by atoms with Gasteiger partial charge in [0.25, 0.3) is 5.91 Å². The molecule has 1 heterocycles. The average Bonchev–Trinajstić information content (AvgIpc) is 2.90. The minimum absolute atomic E-state index is 0.0371. The van der Waals surface area contributed by atoms with E-state index in [1.165, 1.54) is 0 Å². The third kappa shape index (κ3) is 2.85. The largest absolute Gasteiger partial charge is 0.480 e. The van der Waals surface area contributed by atoms with Crippen LogP contribution in [0.3, 0.4) is 0 Å². The fraction of sp³-hybridized carbons (Fsp3) is 0.556. The van der Waals surface area contributed by atoms with Gasteiger partial charge in [-0.05, 0) is 62.3 Å². The van der Waals surface area contributed by atoms with E-state index in [0.29, 0.717) is 22.9 Å². The number of aliphatic carboxylic acids is 1. The molecular formula is C18H22ClNO3. The summed E-state index contributed by atoms with van der Waals surface area (Å²) in [6.07, 6.45) is 4.65. The number of benzene rings is 1. The first kappa shape index (κ1) is 16.3. The van der Waals surface area contributed by atoms with Crippen LogP contribution in [-0.2, 0) is 4.79 Å². The normalized spacial score (nSPS) is 26.9. The van der Waals surface area contributed by atoms with E-state index in [1.54, 1.807) is 17.0 Å². The van der Waals surface area contributed by atoms with Crippen LogP contribution in [-0.4, -0.2) is 34.0 Å². The van der Waals surface area contributed by atoms with Crippen molar-refractivity contribution in [2.75, 3.05) is 0 Å². The van der Waals surface area contributed by atoms with Gasteiger partial charge in [-0.2, -0.15) is 0 Å². The third-order valence-corrected chi connectivity index (χ3v) is 5.73. The summed E-state index contributed by atoms with van der Waals surface area (Å²) in [4.78, 5) is 26.3. The van der Waals surface area contributed by atoms with E-state index in [-0.39, 0.29) is 11.9 Å². The number of rotatable bonds is 2. The molecule has 0 radical (unpaired) electrons. The molecule has 23 heavy (non-hydrogen) atoms. The van der Waals surface area contributed by atoms with Crippen molar-refractivity contribution in [2.24, 2.45) is 5.92 Å². The molecule has 3 atom stereocenters. The summed E-state index contributed by atoms with van der Waals surface area (Å²) >= 11 is 6.28. The maximum atomic E-state index is 13.1. The highest BCUT2D eigenvalue weighted by molar-refractivity contribution is 6.34. The zero-order valence-corrected chi connectivity index (χ0v) is 14.3. The molecule has 1 saturated heterocycles. The van der Waals surface area contributed by atoms with Crippen molar-refractivity contribution in [1.29, 1.82) is 0 Å². The topological polar surface area (TPSA) is 57.6 Å². The fourth-order valence-corrected chi connectivity index (χ4v) is 4.36. The number of halogens is 1. The first-order valence-corrected chi connectivity index (χ1v) is 8.60. The molecular weight excluding hydrogens is 314 g/mol. The number of carbonyl (C=O) groups is 2. The Kier molecular flexibility index (Phi) is 4.37. The number of amides is 1. The summed E-state index contributed by atoms with van der Waals surface area (Å²) in [6.45, 7) is 3.88. The van der Waals surface area contributed by atoms with E-state index in [9.17, 15) is 14.7 Å². The van der Waals surface area contributed by atoms with E-state index < -0.39 is 12.0 Å². The molecule has 1 aliphatic heterocycles. The lowest BCUT2D eigenvalue weighted by Crippen LogP contribution is -2.46. The molecule has 0 bridgehead atoms. The van der Waals surface area contributed by atoms with Crippen molar-refractivity contribution in [3.63, 3.8) is 0 Å². The first-order chi connectivity index (χ1) is 10.9. The van der Waals surface area contributed by atoms with Gasteiger partial charge in [-0.1, -0.05) is 24.4 Å². The van der Waals surface area contributed by atoms with Crippen molar-refractivity contribution >= 4 is 23.5 Å². The Morgan fingerprint density at radius 1 is 1.17 bits per heavy atom. The molecule has 1 aromatic rings.